The van der Waals surface area contributed by atoms with Crippen LogP contribution in [0.5, 0.6) is 5.75 Å². The second kappa shape index (κ2) is 12.6. The number of benzene rings is 1. The van der Waals surface area contributed by atoms with Crippen molar-refractivity contribution in [3.8, 4) is 5.75 Å². The Labute approximate surface area is 155 Å². The number of amides is 1. The van der Waals surface area contributed by atoms with Gasteiger partial charge in [-0.1, -0.05) is 33.6 Å². The van der Waals surface area contributed by atoms with Crippen molar-refractivity contribution in [2.45, 2.75) is 52.5 Å². The van der Waals surface area contributed by atoms with Crippen LogP contribution in [0.15, 0.2) is 18.2 Å². The summed E-state index contributed by atoms with van der Waals surface area (Å²) < 4.78 is 5.11. The van der Waals surface area contributed by atoms with E-state index in [2.05, 4.69) is 17.6 Å². The molecule has 1 rings (SSSR count). The summed E-state index contributed by atoms with van der Waals surface area (Å²) in [7, 11) is 0. The number of phenolic OH excluding ortho intramolecular Hbond substituents is 1. The molecular weight excluding hydrogens is 344 g/mol. The lowest BCUT2D eigenvalue weighted by molar-refractivity contribution is -0.116. The van der Waals surface area contributed by atoms with Crippen LogP contribution >= 0.6 is 12.4 Å². The maximum atomic E-state index is 11.9. The SMILES string of the molecule is CCCCCOC(=O)c1ccc(NC(=O)CCNC(C)C)cc1O.Cl. The highest BCUT2D eigenvalue weighted by Crippen LogP contribution is 2.23. The number of unbranched alkanes of at least 4 members (excludes halogenated alkanes) is 2. The summed E-state index contributed by atoms with van der Waals surface area (Å²) in [6.07, 6.45) is 3.18. The number of ether oxygens (including phenoxy) is 1. The maximum Gasteiger partial charge on any atom is 0.341 e. The van der Waals surface area contributed by atoms with E-state index in [0.29, 0.717) is 31.3 Å². The first-order valence-corrected chi connectivity index (χ1v) is 8.47. The number of carbonyl (C=O) groups excluding carboxylic acids is 2. The summed E-state index contributed by atoms with van der Waals surface area (Å²) in [6, 6.07) is 4.72. The second-order valence-corrected chi connectivity index (χ2v) is 5.98. The summed E-state index contributed by atoms with van der Waals surface area (Å²) in [5, 5.41) is 15.8. The molecule has 0 atom stereocenters. The minimum Gasteiger partial charge on any atom is -0.507 e. The minimum absolute atomic E-state index is 0. The van der Waals surface area contributed by atoms with E-state index in [-0.39, 0.29) is 29.6 Å². The van der Waals surface area contributed by atoms with Crippen molar-refractivity contribution in [3.05, 3.63) is 23.8 Å². The number of anilines is 1. The van der Waals surface area contributed by atoms with Crippen LogP contribution in [0.25, 0.3) is 0 Å². The lowest BCUT2D eigenvalue weighted by Gasteiger charge is -2.10. The number of hydrogen-bond acceptors (Lipinski definition) is 5. The average molecular weight is 373 g/mol. The van der Waals surface area contributed by atoms with Gasteiger partial charge in [-0.2, -0.15) is 0 Å². The van der Waals surface area contributed by atoms with Gasteiger partial charge in [-0.3, -0.25) is 4.79 Å². The van der Waals surface area contributed by atoms with Gasteiger partial charge in [0.05, 0.1) is 6.61 Å². The van der Waals surface area contributed by atoms with Crippen LogP contribution < -0.4 is 10.6 Å². The van der Waals surface area contributed by atoms with E-state index in [1.807, 2.05) is 13.8 Å². The van der Waals surface area contributed by atoms with Crippen molar-refractivity contribution in [1.29, 1.82) is 0 Å². The van der Waals surface area contributed by atoms with Gasteiger partial charge in [0.2, 0.25) is 5.91 Å². The average Bonchev–Trinajstić information content (AvgIpc) is 2.51. The molecule has 0 radical (unpaired) electrons. The van der Waals surface area contributed by atoms with E-state index in [9.17, 15) is 14.7 Å². The maximum absolute atomic E-state index is 11.9. The predicted molar refractivity (Wildman–Crippen MR) is 102 cm³/mol. The molecule has 142 valence electrons. The molecule has 0 bridgehead atoms. The highest BCUT2D eigenvalue weighted by Gasteiger charge is 2.13. The Morgan fingerprint density at radius 1 is 1.24 bits per heavy atom. The lowest BCUT2D eigenvalue weighted by Crippen LogP contribution is -2.27. The summed E-state index contributed by atoms with van der Waals surface area (Å²) in [6.45, 7) is 7.01. The molecule has 1 amide bonds. The van der Waals surface area contributed by atoms with Crippen molar-refractivity contribution < 1.29 is 19.4 Å². The number of phenols is 1. The van der Waals surface area contributed by atoms with Crippen molar-refractivity contribution in [3.63, 3.8) is 0 Å². The Hall–Kier alpha value is -1.79. The van der Waals surface area contributed by atoms with E-state index >= 15 is 0 Å². The Balaban J connectivity index is 0.00000576. The molecule has 0 aliphatic heterocycles. The van der Waals surface area contributed by atoms with E-state index in [1.165, 1.54) is 12.1 Å². The predicted octanol–water partition coefficient (Wildman–Crippen LogP) is 3.49. The quantitative estimate of drug-likeness (QED) is 0.432. The first kappa shape index (κ1) is 23.2. The highest BCUT2D eigenvalue weighted by atomic mass is 35.5. The largest absolute Gasteiger partial charge is 0.507 e. The van der Waals surface area contributed by atoms with Crippen LogP contribution in [-0.2, 0) is 9.53 Å². The molecule has 6 nitrogen and oxygen atoms in total. The molecule has 1 aromatic carbocycles. The summed E-state index contributed by atoms with van der Waals surface area (Å²) in [4.78, 5) is 23.7. The standard InChI is InChI=1S/C18H28N2O4.ClH/c1-4-5-6-11-24-18(23)15-8-7-14(12-16(15)21)20-17(22)9-10-19-13(2)3;/h7-8,12-13,19,21H,4-6,9-11H2,1-3H3,(H,20,22);1H. The fourth-order valence-corrected chi connectivity index (χ4v) is 2.07. The van der Waals surface area contributed by atoms with E-state index < -0.39 is 5.97 Å². The van der Waals surface area contributed by atoms with Gasteiger partial charge in [-0.25, -0.2) is 4.79 Å². The highest BCUT2D eigenvalue weighted by molar-refractivity contribution is 5.95. The van der Waals surface area contributed by atoms with E-state index in [1.54, 1.807) is 6.07 Å². The smallest absolute Gasteiger partial charge is 0.341 e. The number of carbonyl (C=O) groups is 2. The molecule has 0 saturated heterocycles. The Kier molecular flexibility index (Phi) is 11.7. The number of nitrogens with one attached hydrogen (secondary N) is 2. The second-order valence-electron chi connectivity index (χ2n) is 5.98. The zero-order valence-electron chi connectivity index (χ0n) is 15.1. The van der Waals surface area contributed by atoms with Crippen molar-refractivity contribution in [2.75, 3.05) is 18.5 Å². The lowest BCUT2D eigenvalue weighted by atomic mass is 10.1. The number of esters is 1. The molecule has 1 aromatic rings. The van der Waals surface area contributed by atoms with Crippen LogP contribution in [-0.4, -0.2) is 36.2 Å². The van der Waals surface area contributed by atoms with Crippen LogP contribution in [0, 0.1) is 0 Å². The molecule has 7 heteroatoms. The molecule has 0 aliphatic carbocycles. The van der Waals surface area contributed by atoms with Crippen LogP contribution in [0.4, 0.5) is 5.69 Å². The summed E-state index contributed by atoms with van der Waals surface area (Å²) >= 11 is 0. The van der Waals surface area contributed by atoms with Crippen molar-refractivity contribution in [2.24, 2.45) is 0 Å². The molecule has 3 N–H and O–H groups in total. The third-order valence-electron chi connectivity index (χ3n) is 3.39. The summed E-state index contributed by atoms with van der Waals surface area (Å²) in [5.41, 5.74) is 0.551. The van der Waals surface area contributed by atoms with Gasteiger partial charge in [0, 0.05) is 30.8 Å². The first-order valence-electron chi connectivity index (χ1n) is 8.47. The van der Waals surface area contributed by atoms with Gasteiger partial charge in [0.1, 0.15) is 11.3 Å². The molecule has 0 unspecified atom stereocenters. The van der Waals surface area contributed by atoms with Crippen molar-refractivity contribution >= 4 is 30.0 Å². The number of hydrogen-bond donors (Lipinski definition) is 3. The third-order valence-corrected chi connectivity index (χ3v) is 3.39. The number of aromatic hydroxyl groups is 1. The number of halogens is 1. The fraction of sp³-hybridized carbons (Fsp3) is 0.556. The topological polar surface area (TPSA) is 87.7 Å². The molecule has 0 heterocycles. The monoisotopic (exact) mass is 372 g/mol. The Morgan fingerprint density at radius 3 is 2.56 bits per heavy atom. The summed E-state index contributed by atoms with van der Waals surface area (Å²) in [5.74, 6) is -0.909. The molecule has 25 heavy (non-hydrogen) atoms. The zero-order valence-corrected chi connectivity index (χ0v) is 15.9. The number of rotatable bonds is 10. The zero-order chi connectivity index (χ0) is 17.9. The van der Waals surface area contributed by atoms with Gasteiger partial charge < -0.3 is 20.5 Å². The third kappa shape index (κ3) is 9.31. The molecular formula is C18H29ClN2O4. The van der Waals surface area contributed by atoms with Gasteiger partial charge in [-0.05, 0) is 18.6 Å². The van der Waals surface area contributed by atoms with Crippen LogP contribution in [0.3, 0.4) is 0 Å². The van der Waals surface area contributed by atoms with E-state index in [0.717, 1.165) is 19.3 Å². The van der Waals surface area contributed by atoms with Gasteiger partial charge >= 0.3 is 5.97 Å². The first-order chi connectivity index (χ1) is 11.4. The van der Waals surface area contributed by atoms with E-state index in [4.69, 9.17) is 4.74 Å². The van der Waals surface area contributed by atoms with Gasteiger partial charge in [0.25, 0.3) is 0 Å². The Morgan fingerprint density at radius 2 is 1.96 bits per heavy atom. The molecule has 0 fully saturated rings. The van der Waals surface area contributed by atoms with Gasteiger partial charge in [-0.15, -0.1) is 12.4 Å². The van der Waals surface area contributed by atoms with Crippen LogP contribution in [0.2, 0.25) is 0 Å². The molecule has 0 spiro atoms. The Bertz CT molecular complexity index is 550. The molecule has 0 aliphatic rings. The molecule has 0 saturated carbocycles. The normalized spacial score (nSPS) is 10.2. The fourth-order valence-electron chi connectivity index (χ4n) is 2.07. The van der Waals surface area contributed by atoms with Gasteiger partial charge in [0.15, 0.2) is 0 Å². The van der Waals surface area contributed by atoms with Crippen molar-refractivity contribution in [1.82, 2.24) is 5.32 Å². The molecule has 0 aromatic heterocycles. The van der Waals surface area contributed by atoms with Crippen LogP contribution in [0.1, 0.15) is 56.8 Å². The minimum atomic E-state index is -0.553.